The third-order valence-corrected chi connectivity index (χ3v) is 6.27. The van der Waals surface area contributed by atoms with E-state index in [1.165, 1.54) is 32.1 Å². The van der Waals surface area contributed by atoms with Gasteiger partial charge in [-0.25, -0.2) is 4.98 Å². The highest BCUT2D eigenvalue weighted by molar-refractivity contribution is 6.06. The molecule has 2 heterocycles. The Hall–Kier alpha value is -3.34. The van der Waals surface area contributed by atoms with Crippen LogP contribution < -0.4 is 5.73 Å². The maximum absolute atomic E-state index is 12.5. The van der Waals surface area contributed by atoms with Crippen molar-refractivity contribution in [1.29, 1.82) is 0 Å². The summed E-state index contributed by atoms with van der Waals surface area (Å²) in [5, 5.41) is 2.24. The Bertz CT molecular complexity index is 1210. The molecule has 5 nitrogen and oxygen atoms in total. The van der Waals surface area contributed by atoms with E-state index in [-0.39, 0.29) is 0 Å². The molecule has 4 rings (SSSR count). The van der Waals surface area contributed by atoms with Crippen molar-refractivity contribution < 1.29 is 4.79 Å². The number of benzene rings is 2. The van der Waals surface area contributed by atoms with Crippen LogP contribution >= 0.6 is 0 Å². The standard InChI is InChI=1S/C27H32N4O/c1-3-4-5-6-7-10-16-30-19-29-17-25(30)31-18-24(26(20(31)2)27(28)32)23-15-11-13-21-12-8-9-14-22(21)23/h8-9,11-15,17-19H,3-7,10,16H2,1-2H3,(H2,28,32). The number of hydrogen-bond donors (Lipinski definition) is 1. The van der Waals surface area contributed by atoms with Gasteiger partial charge < -0.3 is 14.9 Å². The fraction of sp³-hybridized carbons (Fsp3) is 0.333. The van der Waals surface area contributed by atoms with Crippen LogP contribution in [0.1, 0.15) is 61.5 Å². The van der Waals surface area contributed by atoms with E-state index in [0.29, 0.717) is 5.56 Å². The van der Waals surface area contributed by atoms with Gasteiger partial charge in [0.05, 0.1) is 18.1 Å². The Morgan fingerprint density at radius 3 is 2.53 bits per heavy atom. The molecule has 2 N–H and O–H groups in total. The molecule has 1 amide bonds. The van der Waals surface area contributed by atoms with Gasteiger partial charge >= 0.3 is 0 Å². The first-order valence-corrected chi connectivity index (χ1v) is 11.6. The molecule has 0 radical (unpaired) electrons. The lowest BCUT2D eigenvalue weighted by Gasteiger charge is -2.11. The summed E-state index contributed by atoms with van der Waals surface area (Å²) < 4.78 is 4.23. The molecule has 0 aliphatic rings. The Morgan fingerprint density at radius 1 is 0.969 bits per heavy atom. The summed E-state index contributed by atoms with van der Waals surface area (Å²) in [5.41, 5.74) is 9.14. The van der Waals surface area contributed by atoms with Crippen molar-refractivity contribution in [3.05, 3.63) is 72.4 Å². The van der Waals surface area contributed by atoms with Gasteiger partial charge in [0.25, 0.3) is 5.91 Å². The Morgan fingerprint density at radius 2 is 1.72 bits per heavy atom. The van der Waals surface area contributed by atoms with E-state index in [1.54, 1.807) is 0 Å². The summed E-state index contributed by atoms with van der Waals surface area (Å²) in [6, 6.07) is 14.4. The van der Waals surface area contributed by atoms with Gasteiger partial charge in [0.15, 0.2) is 0 Å². The summed E-state index contributed by atoms with van der Waals surface area (Å²) in [7, 11) is 0. The number of aromatic nitrogens is 3. The minimum atomic E-state index is -0.411. The van der Waals surface area contributed by atoms with Gasteiger partial charge in [0.2, 0.25) is 0 Å². The Balaban J connectivity index is 1.69. The molecule has 0 saturated heterocycles. The predicted octanol–water partition coefficient (Wildman–Crippen LogP) is 6.26. The van der Waals surface area contributed by atoms with Crippen LogP contribution in [0.2, 0.25) is 0 Å². The average molecular weight is 429 g/mol. The topological polar surface area (TPSA) is 65.8 Å². The van der Waals surface area contributed by atoms with Crippen LogP contribution in [-0.2, 0) is 6.54 Å². The van der Waals surface area contributed by atoms with Gasteiger partial charge in [-0.3, -0.25) is 4.79 Å². The highest BCUT2D eigenvalue weighted by Crippen LogP contribution is 2.34. The maximum Gasteiger partial charge on any atom is 0.251 e. The van der Waals surface area contributed by atoms with Crippen molar-refractivity contribution in [2.45, 2.75) is 58.9 Å². The number of primary amides is 1. The number of unbranched alkanes of at least 4 members (excludes halogenated alkanes) is 5. The second-order valence-electron chi connectivity index (χ2n) is 8.48. The summed E-state index contributed by atoms with van der Waals surface area (Å²) >= 11 is 0. The van der Waals surface area contributed by atoms with E-state index in [2.05, 4.69) is 45.3 Å². The van der Waals surface area contributed by atoms with Gasteiger partial charge in [-0.2, -0.15) is 0 Å². The van der Waals surface area contributed by atoms with Crippen molar-refractivity contribution in [2.75, 3.05) is 0 Å². The number of fused-ring (bicyclic) bond motifs is 1. The molecular formula is C27H32N4O. The number of imidazole rings is 1. The van der Waals surface area contributed by atoms with Crippen LogP contribution in [0.5, 0.6) is 0 Å². The summed E-state index contributed by atoms with van der Waals surface area (Å²) in [4.78, 5) is 16.9. The number of nitrogens with zero attached hydrogens (tertiary/aromatic N) is 3. The molecule has 0 atom stereocenters. The SMILES string of the molecule is CCCCCCCCn1cncc1-n1cc(-c2cccc3ccccc23)c(C(N)=O)c1C. The fourth-order valence-corrected chi connectivity index (χ4v) is 4.57. The van der Waals surface area contributed by atoms with Crippen LogP contribution in [0, 0.1) is 6.92 Å². The van der Waals surface area contributed by atoms with Crippen LogP contribution in [0.3, 0.4) is 0 Å². The minimum absolute atomic E-state index is 0.411. The van der Waals surface area contributed by atoms with Crippen LogP contribution in [-0.4, -0.2) is 20.0 Å². The van der Waals surface area contributed by atoms with E-state index >= 15 is 0 Å². The second-order valence-corrected chi connectivity index (χ2v) is 8.48. The summed E-state index contributed by atoms with van der Waals surface area (Å²) in [5.74, 6) is 0.552. The van der Waals surface area contributed by atoms with Crippen molar-refractivity contribution in [3.63, 3.8) is 0 Å². The molecule has 5 heteroatoms. The molecule has 0 fully saturated rings. The molecule has 0 aliphatic heterocycles. The fourth-order valence-electron chi connectivity index (χ4n) is 4.57. The molecular weight excluding hydrogens is 396 g/mol. The lowest BCUT2D eigenvalue weighted by atomic mass is 9.96. The number of carbonyl (C=O) groups excluding carboxylic acids is 1. The van der Waals surface area contributed by atoms with Gasteiger partial charge in [-0.15, -0.1) is 0 Å². The molecule has 0 aliphatic carbocycles. The number of carbonyl (C=O) groups is 1. The van der Waals surface area contributed by atoms with Gasteiger partial charge in [-0.1, -0.05) is 81.5 Å². The molecule has 2 aromatic carbocycles. The lowest BCUT2D eigenvalue weighted by molar-refractivity contribution is 0.100. The van der Waals surface area contributed by atoms with E-state index in [0.717, 1.165) is 46.4 Å². The summed E-state index contributed by atoms with van der Waals surface area (Å²) in [6.45, 7) is 5.11. The maximum atomic E-state index is 12.5. The monoisotopic (exact) mass is 428 g/mol. The smallest absolute Gasteiger partial charge is 0.251 e. The predicted molar refractivity (Wildman–Crippen MR) is 131 cm³/mol. The van der Waals surface area contributed by atoms with Crippen LogP contribution in [0.4, 0.5) is 0 Å². The number of rotatable bonds is 10. The lowest BCUT2D eigenvalue weighted by Crippen LogP contribution is -2.14. The van der Waals surface area contributed by atoms with E-state index in [1.807, 2.05) is 43.8 Å². The van der Waals surface area contributed by atoms with Gasteiger partial charge in [0, 0.05) is 24.0 Å². The van der Waals surface area contributed by atoms with Crippen LogP contribution in [0.25, 0.3) is 27.7 Å². The molecule has 32 heavy (non-hydrogen) atoms. The first kappa shape index (κ1) is 21.9. The highest BCUT2D eigenvalue weighted by Gasteiger charge is 2.21. The van der Waals surface area contributed by atoms with Crippen molar-refractivity contribution in [2.24, 2.45) is 5.73 Å². The molecule has 0 spiro atoms. The average Bonchev–Trinajstić information content (AvgIpc) is 3.39. The van der Waals surface area contributed by atoms with Crippen LogP contribution in [0.15, 0.2) is 61.2 Å². The molecule has 0 unspecified atom stereocenters. The van der Waals surface area contributed by atoms with Crippen molar-refractivity contribution in [3.8, 4) is 16.9 Å². The molecule has 4 aromatic rings. The third kappa shape index (κ3) is 4.33. The van der Waals surface area contributed by atoms with E-state index in [4.69, 9.17) is 5.73 Å². The second kappa shape index (κ2) is 9.86. The zero-order valence-corrected chi connectivity index (χ0v) is 19.1. The molecule has 0 saturated carbocycles. The molecule has 0 bridgehead atoms. The Labute approximate surface area is 189 Å². The van der Waals surface area contributed by atoms with E-state index in [9.17, 15) is 4.79 Å². The van der Waals surface area contributed by atoms with Crippen molar-refractivity contribution >= 4 is 16.7 Å². The number of nitrogens with two attached hydrogens (primary N) is 1. The van der Waals surface area contributed by atoms with Gasteiger partial charge in [0.1, 0.15) is 5.82 Å². The number of amides is 1. The van der Waals surface area contributed by atoms with Crippen molar-refractivity contribution in [1.82, 2.24) is 14.1 Å². The third-order valence-electron chi connectivity index (χ3n) is 6.27. The zero-order chi connectivity index (χ0) is 22.5. The number of aryl methyl sites for hydroxylation is 1. The first-order valence-electron chi connectivity index (χ1n) is 11.6. The quantitative estimate of drug-likeness (QED) is 0.303. The zero-order valence-electron chi connectivity index (χ0n) is 19.1. The normalized spacial score (nSPS) is 11.3. The number of hydrogen-bond acceptors (Lipinski definition) is 2. The van der Waals surface area contributed by atoms with Gasteiger partial charge in [-0.05, 0) is 29.7 Å². The molecule has 166 valence electrons. The molecule has 2 aromatic heterocycles. The first-order chi connectivity index (χ1) is 15.6. The van der Waals surface area contributed by atoms with E-state index < -0.39 is 5.91 Å². The minimum Gasteiger partial charge on any atom is -0.366 e. The highest BCUT2D eigenvalue weighted by atomic mass is 16.1. The largest absolute Gasteiger partial charge is 0.366 e. The summed E-state index contributed by atoms with van der Waals surface area (Å²) in [6.07, 6.45) is 13.3. The Kier molecular flexibility index (Phi) is 6.74.